The molecule has 1 aliphatic heterocycles. The molecule has 7 nitrogen and oxygen atoms in total. The van der Waals surface area contributed by atoms with Crippen molar-refractivity contribution >= 4 is 27.3 Å². The highest BCUT2D eigenvalue weighted by Crippen LogP contribution is 2.27. The summed E-state index contributed by atoms with van der Waals surface area (Å²) < 4.78 is 1.49. The fraction of sp³-hybridized carbons (Fsp3) is 0.368. The maximum Gasteiger partial charge on any atom is 0.274 e. The van der Waals surface area contributed by atoms with Gasteiger partial charge in [0.2, 0.25) is 10.1 Å². The number of rotatable bonds is 4. The third-order valence-electron chi connectivity index (χ3n) is 4.70. The monoisotopic (exact) mass is 383 g/mol. The fourth-order valence-electron chi connectivity index (χ4n) is 3.33. The topological polar surface area (TPSA) is 79.6 Å². The Morgan fingerprint density at radius 2 is 2.15 bits per heavy atom. The van der Waals surface area contributed by atoms with Gasteiger partial charge < -0.3 is 10.2 Å². The van der Waals surface area contributed by atoms with Gasteiger partial charge in [-0.05, 0) is 24.3 Å². The zero-order valence-corrected chi connectivity index (χ0v) is 15.9. The summed E-state index contributed by atoms with van der Waals surface area (Å²) in [4.78, 5) is 31.3. The highest BCUT2D eigenvalue weighted by molar-refractivity contribution is 7.20. The van der Waals surface area contributed by atoms with Crippen LogP contribution in [0.15, 0.2) is 41.2 Å². The molecule has 0 spiro atoms. The molecular formula is C19H21N5O2S. The second-order valence-corrected chi connectivity index (χ2v) is 7.85. The van der Waals surface area contributed by atoms with Crippen molar-refractivity contribution in [2.45, 2.75) is 26.3 Å². The van der Waals surface area contributed by atoms with Crippen LogP contribution in [0.1, 0.15) is 35.8 Å². The molecule has 1 fully saturated rings. The molecule has 1 amide bonds. The van der Waals surface area contributed by atoms with Crippen molar-refractivity contribution in [2.75, 3.05) is 18.0 Å². The maximum atomic E-state index is 12.7. The van der Waals surface area contributed by atoms with E-state index < -0.39 is 5.56 Å². The van der Waals surface area contributed by atoms with Gasteiger partial charge in [-0.15, -0.1) is 5.10 Å². The molecule has 140 valence electrons. The summed E-state index contributed by atoms with van der Waals surface area (Å²) in [6, 6.07) is 10.9. The van der Waals surface area contributed by atoms with E-state index >= 15 is 0 Å². The number of fused-ring (bicyclic) bond motifs is 1. The molecule has 1 aromatic carbocycles. The zero-order valence-electron chi connectivity index (χ0n) is 15.1. The van der Waals surface area contributed by atoms with Crippen LogP contribution in [0.3, 0.4) is 0 Å². The first kappa shape index (κ1) is 17.7. The summed E-state index contributed by atoms with van der Waals surface area (Å²) in [5.74, 6) is 0.268. The minimum absolute atomic E-state index is 0.216. The molecule has 1 unspecified atom stereocenters. The van der Waals surface area contributed by atoms with Crippen molar-refractivity contribution in [3.63, 3.8) is 0 Å². The lowest BCUT2D eigenvalue weighted by molar-refractivity contribution is 0.0943. The predicted octanol–water partition coefficient (Wildman–Crippen LogP) is 2.32. The number of piperidine rings is 1. The molecule has 4 rings (SSSR count). The highest BCUT2D eigenvalue weighted by atomic mass is 32.1. The Hall–Kier alpha value is -2.74. The minimum atomic E-state index is -0.429. The molecule has 1 aliphatic rings. The highest BCUT2D eigenvalue weighted by Gasteiger charge is 2.22. The van der Waals surface area contributed by atoms with Gasteiger partial charge in [-0.3, -0.25) is 9.59 Å². The van der Waals surface area contributed by atoms with Crippen molar-refractivity contribution in [2.24, 2.45) is 5.92 Å². The van der Waals surface area contributed by atoms with E-state index in [4.69, 9.17) is 0 Å². The number of aromatic nitrogens is 3. The van der Waals surface area contributed by atoms with Gasteiger partial charge in [0, 0.05) is 25.7 Å². The third-order valence-corrected chi connectivity index (χ3v) is 5.67. The Labute approximate surface area is 160 Å². The Morgan fingerprint density at radius 3 is 2.93 bits per heavy atom. The molecule has 0 saturated carbocycles. The van der Waals surface area contributed by atoms with Crippen LogP contribution in [0.5, 0.6) is 0 Å². The number of hydrogen-bond acceptors (Lipinski definition) is 6. The Bertz CT molecular complexity index is 1010. The number of carbonyl (C=O) groups excluding carboxylic acids is 1. The van der Waals surface area contributed by atoms with Crippen molar-refractivity contribution in [1.82, 2.24) is 19.9 Å². The first-order valence-corrected chi connectivity index (χ1v) is 9.90. The molecule has 0 radical (unpaired) electrons. The number of amides is 1. The lowest BCUT2D eigenvalue weighted by atomic mass is 10.0. The lowest BCUT2D eigenvalue weighted by Gasteiger charge is -2.30. The molecule has 2 aromatic heterocycles. The van der Waals surface area contributed by atoms with Crippen LogP contribution >= 0.6 is 11.3 Å². The van der Waals surface area contributed by atoms with E-state index in [2.05, 4.69) is 27.2 Å². The van der Waals surface area contributed by atoms with Gasteiger partial charge in [-0.2, -0.15) is 9.50 Å². The predicted molar refractivity (Wildman–Crippen MR) is 105 cm³/mol. The molecular weight excluding hydrogens is 362 g/mol. The van der Waals surface area contributed by atoms with Gasteiger partial charge in [-0.25, -0.2) is 0 Å². The minimum Gasteiger partial charge on any atom is -0.347 e. The maximum absolute atomic E-state index is 12.7. The number of nitrogens with zero attached hydrogens (tertiary/aromatic N) is 4. The van der Waals surface area contributed by atoms with E-state index in [-0.39, 0.29) is 11.6 Å². The molecule has 0 aliphatic carbocycles. The van der Waals surface area contributed by atoms with E-state index in [0.29, 0.717) is 17.4 Å². The van der Waals surface area contributed by atoms with E-state index in [1.807, 2.05) is 30.3 Å². The average Bonchev–Trinajstić information content (AvgIpc) is 3.10. The molecule has 27 heavy (non-hydrogen) atoms. The number of nitrogens with one attached hydrogen (secondary N) is 1. The van der Waals surface area contributed by atoms with Gasteiger partial charge in [0.15, 0.2) is 0 Å². The molecule has 1 N–H and O–H groups in total. The molecule has 3 aromatic rings. The largest absolute Gasteiger partial charge is 0.347 e. The lowest BCUT2D eigenvalue weighted by Crippen LogP contribution is -2.34. The number of benzene rings is 1. The Balaban J connectivity index is 1.61. The van der Waals surface area contributed by atoms with Gasteiger partial charge >= 0.3 is 0 Å². The van der Waals surface area contributed by atoms with E-state index in [0.717, 1.165) is 30.2 Å². The van der Waals surface area contributed by atoms with Gasteiger partial charge in [-0.1, -0.05) is 48.6 Å². The second kappa shape index (κ2) is 7.48. The summed E-state index contributed by atoms with van der Waals surface area (Å²) >= 11 is 1.35. The van der Waals surface area contributed by atoms with Crippen LogP contribution in [-0.4, -0.2) is 33.6 Å². The van der Waals surface area contributed by atoms with Crippen LogP contribution in [0.4, 0.5) is 5.13 Å². The SMILES string of the molecule is CC1CCCN(c2nn3c(C(=O)NCc4ccccc4)cc(=O)nc3s2)C1. The Kier molecular flexibility index (Phi) is 4.89. The van der Waals surface area contributed by atoms with Crippen LogP contribution in [0, 0.1) is 5.92 Å². The first-order chi connectivity index (χ1) is 13.1. The summed E-state index contributed by atoms with van der Waals surface area (Å²) in [5.41, 5.74) is 0.778. The van der Waals surface area contributed by atoms with Crippen LogP contribution < -0.4 is 15.8 Å². The van der Waals surface area contributed by atoms with Crippen molar-refractivity contribution in [3.8, 4) is 0 Å². The molecule has 1 atom stereocenters. The van der Waals surface area contributed by atoms with Crippen molar-refractivity contribution in [1.29, 1.82) is 0 Å². The number of hydrogen-bond donors (Lipinski definition) is 1. The van der Waals surface area contributed by atoms with Crippen molar-refractivity contribution in [3.05, 3.63) is 58.0 Å². The normalized spacial score (nSPS) is 17.2. The van der Waals surface area contributed by atoms with Gasteiger partial charge in [0.25, 0.3) is 11.5 Å². The smallest absolute Gasteiger partial charge is 0.274 e. The van der Waals surface area contributed by atoms with Gasteiger partial charge in [0.1, 0.15) is 5.69 Å². The quantitative estimate of drug-likeness (QED) is 0.748. The van der Waals surface area contributed by atoms with Crippen LogP contribution in [-0.2, 0) is 6.54 Å². The molecule has 0 bridgehead atoms. The molecule has 3 heterocycles. The summed E-state index contributed by atoms with van der Waals surface area (Å²) in [5, 5.41) is 8.24. The standard InChI is InChI=1S/C19H21N5O2S/c1-13-6-5-9-23(12-13)19-22-24-15(10-16(25)21-18(24)27-19)17(26)20-11-14-7-3-2-4-8-14/h2-4,7-8,10,13H,5-6,9,11-12H2,1H3,(H,20,26). The van der Waals surface area contributed by atoms with E-state index in [9.17, 15) is 9.59 Å². The fourth-order valence-corrected chi connectivity index (χ4v) is 4.27. The Morgan fingerprint density at radius 1 is 1.33 bits per heavy atom. The molecule has 1 saturated heterocycles. The summed E-state index contributed by atoms with van der Waals surface area (Å²) in [7, 11) is 0. The molecule has 8 heteroatoms. The van der Waals surface area contributed by atoms with Crippen molar-refractivity contribution < 1.29 is 4.79 Å². The number of carbonyl (C=O) groups is 1. The third kappa shape index (κ3) is 3.85. The second-order valence-electron chi connectivity index (χ2n) is 6.92. The first-order valence-electron chi connectivity index (χ1n) is 9.08. The zero-order chi connectivity index (χ0) is 18.8. The summed E-state index contributed by atoms with van der Waals surface area (Å²) in [6.45, 7) is 4.48. The van der Waals surface area contributed by atoms with Gasteiger partial charge in [0.05, 0.1) is 0 Å². The summed E-state index contributed by atoms with van der Waals surface area (Å²) in [6.07, 6.45) is 2.33. The number of anilines is 1. The van der Waals surface area contributed by atoms with E-state index in [1.165, 1.54) is 28.3 Å². The van der Waals surface area contributed by atoms with Crippen LogP contribution in [0.25, 0.3) is 4.96 Å². The van der Waals surface area contributed by atoms with E-state index in [1.54, 1.807) is 0 Å². The average molecular weight is 383 g/mol. The van der Waals surface area contributed by atoms with Crippen LogP contribution in [0.2, 0.25) is 0 Å².